The lowest BCUT2D eigenvalue weighted by atomic mass is 10.2. The van der Waals surface area contributed by atoms with Gasteiger partial charge in [-0.15, -0.1) is 0 Å². The fraction of sp³-hybridized carbons (Fsp3) is 0. The van der Waals surface area contributed by atoms with E-state index < -0.39 is 0 Å². The van der Waals surface area contributed by atoms with Gasteiger partial charge in [0, 0.05) is 0 Å². The van der Waals surface area contributed by atoms with Crippen molar-refractivity contribution in [3.8, 4) is 0 Å². The van der Waals surface area contributed by atoms with Gasteiger partial charge in [-0.05, 0) is 5.56 Å². The average Bonchev–Trinajstić information content (AvgIpc) is 2.05. The highest BCUT2D eigenvalue weighted by Crippen LogP contribution is 1.97. The van der Waals surface area contributed by atoms with Crippen molar-refractivity contribution < 1.29 is 0 Å². The minimum atomic E-state index is -0.333. The molecule has 0 fully saturated rings. The zero-order valence-electron chi connectivity index (χ0n) is 6.83. The number of hydrogen-bond acceptors (Lipinski definition) is 1. The fourth-order valence-electron chi connectivity index (χ4n) is 0.589. The van der Waals surface area contributed by atoms with E-state index in [4.69, 9.17) is 5.41 Å². The van der Waals surface area contributed by atoms with Crippen LogP contribution in [0.3, 0.4) is 0 Å². The van der Waals surface area contributed by atoms with Crippen molar-refractivity contribution in [3.05, 3.63) is 42.5 Å². The lowest BCUT2D eigenvalue weighted by Crippen LogP contribution is -2.20. The zero-order chi connectivity index (χ0) is 9.40. The third kappa shape index (κ3) is 6.35. The smallest absolute Gasteiger partial charge is 0.183 e. The number of benzene rings is 1. The Hall–Kier alpha value is -1.77. The first kappa shape index (κ1) is 10.2. The van der Waals surface area contributed by atoms with Gasteiger partial charge in [0.05, 0.1) is 0 Å². The molecule has 0 saturated heterocycles. The van der Waals surface area contributed by atoms with E-state index in [0.29, 0.717) is 0 Å². The predicted molar refractivity (Wildman–Crippen MR) is 52.6 cm³/mol. The van der Waals surface area contributed by atoms with E-state index in [0.717, 1.165) is 0 Å². The highest BCUT2D eigenvalue weighted by molar-refractivity contribution is 5.71. The Bertz CT molecular complexity index is 237. The van der Waals surface area contributed by atoms with Crippen LogP contribution in [0.25, 0.3) is 6.08 Å². The molecule has 12 heavy (non-hydrogen) atoms. The van der Waals surface area contributed by atoms with Gasteiger partial charge < -0.3 is 11.5 Å². The minimum absolute atomic E-state index is 0.333. The first-order valence-electron chi connectivity index (χ1n) is 3.43. The molecule has 3 nitrogen and oxygen atoms in total. The molecule has 64 valence electrons. The second-order valence-electron chi connectivity index (χ2n) is 2.07. The lowest BCUT2D eigenvalue weighted by Gasteiger charge is -1.85. The Kier molecular flexibility index (Phi) is 5.09. The summed E-state index contributed by atoms with van der Waals surface area (Å²) in [5.74, 6) is -0.333. The number of guanidine groups is 1. The van der Waals surface area contributed by atoms with Gasteiger partial charge in [-0.25, -0.2) is 0 Å². The number of hydrogen-bond donors (Lipinski definition) is 3. The molecule has 0 aliphatic rings. The van der Waals surface area contributed by atoms with Gasteiger partial charge in [0.1, 0.15) is 0 Å². The molecule has 1 rings (SSSR count). The van der Waals surface area contributed by atoms with Crippen LogP contribution in [0.5, 0.6) is 0 Å². The SMILES string of the molecule is C=Cc1ccccc1.N=C(N)N. The third-order valence-electron chi connectivity index (χ3n) is 1.04. The quantitative estimate of drug-likeness (QED) is 0.429. The van der Waals surface area contributed by atoms with Crippen molar-refractivity contribution in [2.45, 2.75) is 0 Å². The summed E-state index contributed by atoms with van der Waals surface area (Å²) in [5.41, 5.74) is 10.1. The van der Waals surface area contributed by atoms with Crippen molar-refractivity contribution in [2.75, 3.05) is 0 Å². The summed E-state index contributed by atoms with van der Waals surface area (Å²) < 4.78 is 0. The molecule has 0 atom stereocenters. The minimum Gasteiger partial charge on any atom is -0.370 e. The Morgan fingerprint density at radius 1 is 1.25 bits per heavy atom. The number of rotatable bonds is 1. The van der Waals surface area contributed by atoms with Crippen molar-refractivity contribution in [3.63, 3.8) is 0 Å². The fourth-order valence-corrected chi connectivity index (χ4v) is 0.589. The standard InChI is InChI=1S/C8H8.CH5N3/c1-2-8-6-4-3-5-7-8;2-1(3)4/h2-7H,1H2;(H5,2,3,4). The van der Waals surface area contributed by atoms with Crippen LogP contribution in [0, 0.1) is 5.41 Å². The molecule has 0 radical (unpaired) electrons. The predicted octanol–water partition coefficient (Wildman–Crippen LogP) is 1.17. The highest BCUT2D eigenvalue weighted by atomic mass is 14.9. The van der Waals surface area contributed by atoms with E-state index in [9.17, 15) is 0 Å². The summed E-state index contributed by atoms with van der Waals surface area (Å²) in [5, 5.41) is 6.06. The van der Waals surface area contributed by atoms with Gasteiger partial charge in [0.2, 0.25) is 0 Å². The molecule has 0 aliphatic heterocycles. The molecule has 0 aromatic heterocycles. The van der Waals surface area contributed by atoms with Crippen LogP contribution in [0.2, 0.25) is 0 Å². The van der Waals surface area contributed by atoms with Crippen LogP contribution in [-0.2, 0) is 0 Å². The lowest BCUT2D eigenvalue weighted by molar-refractivity contribution is 1.39. The van der Waals surface area contributed by atoms with E-state index in [-0.39, 0.29) is 5.96 Å². The van der Waals surface area contributed by atoms with E-state index >= 15 is 0 Å². The van der Waals surface area contributed by atoms with Gasteiger partial charge in [-0.1, -0.05) is 43.0 Å². The maximum Gasteiger partial charge on any atom is 0.183 e. The van der Waals surface area contributed by atoms with Gasteiger partial charge >= 0.3 is 0 Å². The largest absolute Gasteiger partial charge is 0.370 e. The van der Waals surface area contributed by atoms with Crippen molar-refractivity contribution in [1.29, 1.82) is 5.41 Å². The van der Waals surface area contributed by atoms with Crippen LogP contribution < -0.4 is 11.5 Å². The molecule has 0 bridgehead atoms. The molecule has 1 aromatic carbocycles. The molecule has 0 amide bonds. The number of nitrogens with one attached hydrogen (secondary N) is 1. The van der Waals surface area contributed by atoms with E-state index in [1.807, 2.05) is 36.4 Å². The summed E-state index contributed by atoms with van der Waals surface area (Å²) in [7, 11) is 0. The van der Waals surface area contributed by atoms with Crippen molar-refractivity contribution in [2.24, 2.45) is 11.5 Å². The topological polar surface area (TPSA) is 75.9 Å². The Balaban J connectivity index is 0.000000261. The molecule has 1 aromatic rings. The maximum absolute atomic E-state index is 6.06. The molecule has 0 unspecified atom stereocenters. The van der Waals surface area contributed by atoms with Gasteiger partial charge in [0.15, 0.2) is 5.96 Å². The second-order valence-corrected chi connectivity index (χ2v) is 2.07. The van der Waals surface area contributed by atoms with Crippen LogP contribution in [-0.4, -0.2) is 5.96 Å². The second kappa shape index (κ2) is 5.97. The van der Waals surface area contributed by atoms with Gasteiger partial charge in [-0.2, -0.15) is 0 Å². The Morgan fingerprint density at radius 3 is 1.92 bits per heavy atom. The highest BCUT2D eigenvalue weighted by Gasteiger charge is 1.75. The van der Waals surface area contributed by atoms with E-state index in [1.54, 1.807) is 0 Å². The molecule has 5 N–H and O–H groups in total. The van der Waals surface area contributed by atoms with Gasteiger partial charge in [-0.3, -0.25) is 5.41 Å². The first-order chi connectivity index (χ1) is 5.66. The first-order valence-corrected chi connectivity index (χ1v) is 3.43. The molecule has 3 heteroatoms. The normalized spacial score (nSPS) is 7.67. The van der Waals surface area contributed by atoms with Crippen LogP contribution in [0.4, 0.5) is 0 Å². The summed E-state index contributed by atoms with van der Waals surface area (Å²) in [6, 6.07) is 10.0. The average molecular weight is 163 g/mol. The van der Waals surface area contributed by atoms with Crippen LogP contribution in [0.15, 0.2) is 36.9 Å². The molecule has 0 saturated carbocycles. The summed E-state index contributed by atoms with van der Waals surface area (Å²) in [4.78, 5) is 0. The summed E-state index contributed by atoms with van der Waals surface area (Å²) in [6.07, 6.45) is 1.83. The molecular formula is C9H13N3. The third-order valence-corrected chi connectivity index (χ3v) is 1.04. The van der Waals surface area contributed by atoms with Crippen LogP contribution in [0.1, 0.15) is 5.56 Å². The van der Waals surface area contributed by atoms with Crippen molar-refractivity contribution >= 4 is 12.0 Å². The van der Waals surface area contributed by atoms with Crippen LogP contribution >= 0.6 is 0 Å². The number of nitrogens with two attached hydrogens (primary N) is 2. The van der Waals surface area contributed by atoms with E-state index in [2.05, 4.69) is 18.0 Å². The molecule has 0 spiro atoms. The molecule has 0 aliphatic carbocycles. The van der Waals surface area contributed by atoms with E-state index in [1.165, 1.54) is 5.56 Å². The monoisotopic (exact) mass is 163 g/mol. The maximum atomic E-state index is 6.06. The van der Waals surface area contributed by atoms with Crippen molar-refractivity contribution in [1.82, 2.24) is 0 Å². The molecular weight excluding hydrogens is 150 g/mol. The Labute approximate surface area is 72.2 Å². The summed E-state index contributed by atoms with van der Waals surface area (Å²) in [6.45, 7) is 3.63. The molecule has 0 heterocycles. The van der Waals surface area contributed by atoms with Gasteiger partial charge in [0.25, 0.3) is 0 Å². The Morgan fingerprint density at radius 2 is 1.67 bits per heavy atom. The zero-order valence-corrected chi connectivity index (χ0v) is 6.83. The summed E-state index contributed by atoms with van der Waals surface area (Å²) >= 11 is 0.